The minimum absolute atomic E-state index is 0.0853. The zero-order valence-electron chi connectivity index (χ0n) is 18.1. The highest BCUT2D eigenvalue weighted by atomic mass is 32.2. The van der Waals surface area contributed by atoms with Crippen LogP contribution in [-0.4, -0.2) is 45.2 Å². The van der Waals surface area contributed by atoms with E-state index < -0.39 is 91.2 Å². The molecular weight excluding hydrogens is 533 g/mol. The molecule has 36 heavy (non-hydrogen) atoms. The smallest absolute Gasteiger partial charge is 0.314 e. The van der Waals surface area contributed by atoms with E-state index in [2.05, 4.69) is 10.2 Å². The highest BCUT2D eigenvalue weighted by Gasteiger charge is 2.51. The summed E-state index contributed by atoms with van der Waals surface area (Å²) in [5, 5.41) is 11.9. The zero-order valence-corrected chi connectivity index (χ0v) is 19.8. The molecule has 0 amide bonds. The van der Waals surface area contributed by atoms with Crippen LogP contribution in [-0.2, 0) is 31.9 Å². The van der Waals surface area contributed by atoms with Gasteiger partial charge in [-0.15, -0.1) is 10.2 Å². The number of benzene rings is 2. The monoisotopic (exact) mass is 551 g/mol. The first kappa shape index (κ1) is 26.1. The Bertz CT molecular complexity index is 1530. The molecule has 1 fully saturated rings. The maximum atomic E-state index is 15.2. The van der Waals surface area contributed by atoms with E-state index in [1.807, 2.05) is 0 Å². The fraction of sp³-hybridized carbons (Fsp3) is 0.300. The second-order valence-corrected chi connectivity index (χ2v) is 12.0. The number of aromatic nitrogens is 2. The van der Waals surface area contributed by atoms with Crippen LogP contribution in [0.1, 0.15) is 23.4 Å². The van der Waals surface area contributed by atoms with Crippen molar-refractivity contribution in [3.05, 3.63) is 70.9 Å². The molecule has 0 saturated carbocycles. The van der Waals surface area contributed by atoms with E-state index >= 15 is 8.78 Å². The van der Waals surface area contributed by atoms with Gasteiger partial charge >= 0.3 is 6.43 Å². The lowest BCUT2D eigenvalue weighted by atomic mass is 9.84. The Hall–Kier alpha value is -2.95. The van der Waals surface area contributed by atoms with Crippen LogP contribution >= 0.6 is 0 Å². The van der Waals surface area contributed by atoms with Gasteiger partial charge in [-0.05, 0) is 42.3 Å². The molecular formula is C20H18F5N5O4S2. The summed E-state index contributed by atoms with van der Waals surface area (Å²) in [7, 11) is -8.17. The molecule has 3 aromatic rings. The van der Waals surface area contributed by atoms with E-state index in [-0.39, 0.29) is 11.1 Å². The summed E-state index contributed by atoms with van der Waals surface area (Å²) in [6.07, 6.45) is -3.73. The molecule has 194 valence electrons. The van der Waals surface area contributed by atoms with Gasteiger partial charge in [0.1, 0.15) is 17.5 Å². The van der Waals surface area contributed by atoms with Gasteiger partial charge in [0.05, 0.1) is 11.3 Å². The molecule has 3 N–H and O–H groups in total. The third-order valence-electron chi connectivity index (χ3n) is 5.72. The molecule has 1 saturated heterocycles. The van der Waals surface area contributed by atoms with Crippen LogP contribution in [0.15, 0.2) is 40.8 Å². The van der Waals surface area contributed by atoms with Crippen LogP contribution in [0.5, 0.6) is 0 Å². The molecule has 1 aliphatic rings. The lowest BCUT2D eigenvalue weighted by molar-refractivity contribution is 0.116. The number of nitrogens with one attached hydrogen (secondary N) is 1. The largest absolute Gasteiger partial charge is 0.415 e. The minimum atomic E-state index is -4.64. The molecule has 9 nitrogen and oxygen atoms in total. The quantitative estimate of drug-likeness (QED) is 0.451. The fourth-order valence-electron chi connectivity index (χ4n) is 4.22. The number of nitrogens with zero attached hydrogens (tertiary/aromatic N) is 3. The average molecular weight is 552 g/mol. The second-order valence-electron chi connectivity index (χ2n) is 8.16. The van der Waals surface area contributed by atoms with Gasteiger partial charge in [-0.1, -0.05) is 6.07 Å². The second kappa shape index (κ2) is 9.17. The molecule has 2 atom stereocenters. The van der Waals surface area contributed by atoms with Gasteiger partial charge in [0.15, 0.2) is 0 Å². The molecule has 2 aromatic carbocycles. The first-order valence-electron chi connectivity index (χ1n) is 10.1. The summed E-state index contributed by atoms with van der Waals surface area (Å²) in [5.41, 5.74) is -3.12. The summed E-state index contributed by atoms with van der Waals surface area (Å²) in [6, 6.07) is 5.36. The van der Waals surface area contributed by atoms with Crippen molar-refractivity contribution in [2.24, 2.45) is 5.14 Å². The third kappa shape index (κ3) is 4.98. The van der Waals surface area contributed by atoms with Gasteiger partial charge in [-0.2, -0.15) is 21.5 Å². The molecule has 1 aliphatic heterocycles. The third-order valence-corrected chi connectivity index (χ3v) is 8.65. The van der Waals surface area contributed by atoms with E-state index in [0.717, 1.165) is 24.3 Å². The van der Waals surface area contributed by atoms with Crippen molar-refractivity contribution in [2.45, 2.75) is 18.4 Å². The molecule has 0 bridgehead atoms. The number of hydrogen-bond acceptors (Lipinski definition) is 7. The summed E-state index contributed by atoms with van der Waals surface area (Å²) in [6.45, 7) is -0.560. The summed E-state index contributed by atoms with van der Waals surface area (Å²) < 4.78 is 121. The SMILES string of the molecule is N=S1(=O)CCN(S(N)(=O)=O)C(Cc2ccc(-c3nnc(C(F)F)o3)cc2F)(c2cc(F)ccc2F)C1. The Balaban J connectivity index is 1.87. The fourth-order valence-corrected chi connectivity index (χ4v) is 7.29. The van der Waals surface area contributed by atoms with E-state index in [9.17, 15) is 25.8 Å². The highest BCUT2D eigenvalue weighted by molar-refractivity contribution is 7.92. The van der Waals surface area contributed by atoms with Gasteiger partial charge in [0.25, 0.3) is 16.1 Å². The lowest BCUT2D eigenvalue weighted by Gasteiger charge is -2.46. The van der Waals surface area contributed by atoms with Crippen molar-refractivity contribution in [1.82, 2.24) is 14.5 Å². The van der Waals surface area contributed by atoms with E-state index in [1.54, 1.807) is 0 Å². The van der Waals surface area contributed by atoms with Crippen LogP contribution in [0.2, 0.25) is 0 Å². The van der Waals surface area contributed by atoms with Crippen molar-refractivity contribution in [3.63, 3.8) is 0 Å². The van der Waals surface area contributed by atoms with Gasteiger partial charge in [0.2, 0.25) is 5.89 Å². The summed E-state index contributed by atoms with van der Waals surface area (Å²) in [5.74, 6) is -5.66. The normalized spacial score (nSPS) is 23.3. The van der Waals surface area contributed by atoms with Crippen molar-refractivity contribution in [1.29, 1.82) is 4.78 Å². The highest BCUT2D eigenvalue weighted by Crippen LogP contribution is 2.41. The topological polar surface area (TPSA) is 143 Å². The van der Waals surface area contributed by atoms with E-state index in [4.69, 9.17) is 14.3 Å². The first-order chi connectivity index (χ1) is 16.7. The number of rotatable bonds is 6. The Morgan fingerprint density at radius 2 is 1.86 bits per heavy atom. The van der Waals surface area contributed by atoms with Crippen LogP contribution in [0.3, 0.4) is 0 Å². The van der Waals surface area contributed by atoms with Crippen molar-refractivity contribution < 1.29 is 39.0 Å². The molecule has 2 unspecified atom stereocenters. The van der Waals surface area contributed by atoms with Gasteiger partial charge < -0.3 is 4.42 Å². The number of hydrogen-bond donors (Lipinski definition) is 2. The number of nitrogens with two attached hydrogens (primary N) is 1. The lowest BCUT2D eigenvalue weighted by Crippen LogP contribution is -2.61. The molecule has 1 aromatic heterocycles. The molecule has 16 heteroatoms. The maximum absolute atomic E-state index is 15.2. The predicted molar refractivity (Wildman–Crippen MR) is 117 cm³/mol. The van der Waals surface area contributed by atoms with E-state index in [0.29, 0.717) is 10.4 Å². The first-order valence-corrected chi connectivity index (χ1v) is 13.5. The summed E-state index contributed by atoms with van der Waals surface area (Å²) in [4.78, 5) is 0. The van der Waals surface area contributed by atoms with Crippen LogP contribution in [0, 0.1) is 22.2 Å². The minimum Gasteiger partial charge on any atom is -0.415 e. The predicted octanol–water partition coefficient (Wildman–Crippen LogP) is 3.10. The zero-order chi connectivity index (χ0) is 26.5. The number of halogens is 5. The number of alkyl halides is 2. The van der Waals surface area contributed by atoms with Crippen LogP contribution in [0.25, 0.3) is 11.5 Å². The van der Waals surface area contributed by atoms with Crippen molar-refractivity contribution >= 4 is 19.9 Å². The Kier molecular flexibility index (Phi) is 6.65. The van der Waals surface area contributed by atoms with Gasteiger partial charge in [0, 0.05) is 33.2 Å². The molecule has 4 rings (SSSR count). The van der Waals surface area contributed by atoms with Gasteiger partial charge in [-0.25, -0.2) is 22.5 Å². The van der Waals surface area contributed by atoms with Crippen LogP contribution < -0.4 is 5.14 Å². The standard InChI is InChI=1S/C20H18F5N5O4S2/c21-13-3-4-15(22)14(8-13)20(10-35(26,31)6-5-30(20)36(27,32)33)9-12-2-1-11(7-16(12)23)18-28-29-19(34-18)17(24)25/h1-4,7-8,17,26H,5-6,9-10H2,(H2,27,32,33). The molecule has 0 aliphatic carbocycles. The van der Waals surface area contributed by atoms with Crippen LogP contribution in [0.4, 0.5) is 22.0 Å². The van der Waals surface area contributed by atoms with Crippen molar-refractivity contribution in [3.8, 4) is 11.5 Å². The Morgan fingerprint density at radius 3 is 2.47 bits per heavy atom. The Labute approximate surface area is 202 Å². The van der Waals surface area contributed by atoms with E-state index in [1.165, 1.54) is 6.07 Å². The summed E-state index contributed by atoms with van der Waals surface area (Å²) >= 11 is 0. The average Bonchev–Trinajstić information content (AvgIpc) is 3.26. The Morgan fingerprint density at radius 1 is 1.14 bits per heavy atom. The van der Waals surface area contributed by atoms with Crippen molar-refractivity contribution in [2.75, 3.05) is 18.1 Å². The molecule has 0 radical (unpaired) electrons. The molecule has 2 heterocycles. The van der Waals surface area contributed by atoms with Gasteiger partial charge in [-0.3, -0.25) is 4.78 Å². The maximum Gasteiger partial charge on any atom is 0.314 e. The molecule has 0 spiro atoms.